The minimum Gasteiger partial charge on any atom is -0.542 e. The monoisotopic (exact) mass is 570 g/mol. The number of hydrogen-bond donors (Lipinski definition) is 3. The van der Waals surface area contributed by atoms with Crippen molar-refractivity contribution in [2.24, 2.45) is 5.73 Å². The number of carboxylic acids is 1. The third-order valence-corrected chi connectivity index (χ3v) is 6.97. The van der Waals surface area contributed by atoms with Crippen molar-refractivity contribution < 1.29 is 54.8 Å². The first-order valence-electron chi connectivity index (χ1n) is 10.5. The molecule has 1 aromatic carbocycles. The van der Waals surface area contributed by atoms with Crippen LogP contribution < -0.4 is 21.5 Å². The molecule has 0 saturated carbocycles. The molecular weight excluding hydrogens is 550 g/mol. The van der Waals surface area contributed by atoms with Crippen LogP contribution in [0.25, 0.3) is 0 Å². The topological polar surface area (TPSA) is 188 Å². The third-order valence-electron chi connectivity index (χ3n) is 5.46. The maximum Gasteiger partial charge on any atom is 0.501 e. The molecule has 1 aliphatic rings. The molecule has 2 heterocycles. The van der Waals surface area contributed by atoms with E-state index in [0.717, 1.165) is 37.4 Å². The molecule has 0 spiro atoms. The van der Waals surface area contributed by atoms with E-state index >= 15 is 0 Å². The summed E-state index contributed by atoms with van der Waals surface area (Å²) in [6.45, 7) is 1.57. The fraction of sp³-hybridized carbons (Fsp3) is 0.400. The number of alkyl halides is 6. The Morgan fingerprint density at radius 2 is 1.68 bits per heavy atom. The molecule has 38 heavy (non-hydrogen) atoms. The fourth-order valence-corrected chi connectivity index (χ4v) is 4.28. The number of nitriles is 1. The quantitative estimate of drug-likeness (QED) is 0.413. The molecule has 0 bridgehead atoms. The lowest BCUT2D eigenvalue weighted by atomic mass is 9.86. The van der Waals surface area contributed by atoms with Gasteiger partial charge in [0, 0.05) is 24.7 Å². The smallest absolute Gasteiger partial charge is 0.501 e. The van der Waals surface area contributed by atoms with Gasteiger partial charge in [0.15, 0.2) is 5.82 Å². The highest BCUT2D eigenvalue weighted by Crippen LogP contribution is 2.33. The molecule has 0 unspecified atom stereocenters. The average Bonchev–Trinajstić information content (AvgIpc) is 3.24. The predicted molar refractivity (Wildman–Crippen MR) is 114 cm³/mol. The SMILES string of the molecule is N#CCC1(n2cc(C(N)=O)c(Nc3ccc(S(=O)(=O)C(F)(F)F)cc3)n2)CC[NH2+]CC1.O=C([O-])C(F)(F)F. The van der Waals surface area contributed by atoms with Crippen molar-refractivity contribution in [2.45, 2.75) is 41.4 Å². The molecule has 0 atom stereocenters. The largest absolute Gasteiger partial charge is 0.542 e. The van der Waals surface area contributed by atoms with Crippen molar-refractivity contribution in [3.8, 4) is 6.07 Å². The molecule has 0 radical (unpaired) electrons. The first kappa shape index (κ1) is 30.4. The number of rotatable bonds is 6. The van der Waals surface area contributed by atoms with Crippen LogP contribution in [0.3, 0.4) is 0 Å². The van der Waals surface area contributed by atoms with Gasteiger partial charge in [-0.15, -0.1) is 0 Å². The zero-order valence-corrected chi connectivity index (χ0v) is 20.0. The second kappa shape index (κ2) is 11.3. The molecule has 208 valence electrons. The summed E-state index contributed by atoms with van der Waals surface area (Å²) in [5.41, 5.74) is -0.311. The maximum absolute atomic E-state index is 12.7. The average molecular weight is 570 g/mol. The second-order valence-corrected chi connectivity index (χ2v) is 9.95. The van der Waals surface area contributed by atoms with Crippen LogP contribution in [-0.4, -0.2) is 54.8 Å². The summed E-state index contributed by atoms with van der Waals surface area (Å²) in [5.74, 6) is -3.72. The van der Waals surface area contributed by atoms with Gasteiger partial charge < -0.3 is 26.3 Å². The Morgan fingerprint density at radius 1 is 1.16 bits per heavy atom. The summed E-state index contributed by atoms with van der Waals surface area (Å²) >= 11 is 0. The molecule has 18 heteroatoms. The number of carboxylic acid groups (broad SMARTS) is 1. The number of carbonyl (C=O) groups excluding carboxylic acids is 2. The van der Waals surface area contributed by atoms with Gasteiger partial charge in [-0.2, -0.15) is 36.7 Å². The van der Waals surface area contributed by atoms with E-state index in [9.17, 15) is 44.8 Å². The minimum atomic E-state index is -5.47. The van der Waals surface area contributed by atoms with Crippen LogP contribution in [0.4, 0.5) is 37.8 Å². The van der Waals surface area contributed by atoms with Crippen molar-refractivity contribution >= 4 is 33.2 Å². The highest BCUT2D eigenvalue weighted by Gasteiger charge is 2.46. The van der Waals surface area contributed by atoms with E-state index in [0.29, 0.717) is 12.8 Å². The van der Waals surface area contributed by atoms with Gasteiger partial charge in [0.25, 0.3) is 15.7 Å². The van der Waals surface area contributed by atoms with Crippen LogP contribution >= 0.6 is 0 Å². The number of nitrogens with two attached hydrogens (primary N) is 2. The number of aromatic nitrogens is 2. The summed E-state index contributed by atoms with van der Waals surface area (Å²) in [6.07, 6.45) is -2.24. The number of primary amides is 1. The Balaban J connectivity index is 0.000000638. The number of piperidine rings is 1. The van der Waals surface area contributed by atoms with Gasteiger partial charge in [-0.1, -0.05) is 0 Å². The van der Waals surface area contributed by atoms with Gasteiger partial charge in [-0.05, 0) is 24.3 Å². The Hall–Kier alpha value is -3.85. The van der Waals surface area contributed by atoms with Crippen LogP contribution in [0.1, 0.15) is 29.6 Å². The lowest BCUT2D eigenvalue weighted by molar-refractivity contribution is -0.667. The first-order valence-corrected chi connectivity index (χ1v) is 12.0. The lowest BCUT2D eigenvalue weighted by Gasteiger charge is -2.34. The van der Waals surface area contributed by atoms with Crippen LogP contribution in [0, 0.1) is 11.3 Å². The lowest BCUT2D eigenvalue weighted by Crippen LogP contribution is -2.87. The van der Waals surface area contributed by atoms with Crippen molar-refractivity contribution in [2.75, 3.05) is 18.4 Å². The fourth-order valence-electron chi connectivity index (χ4n) is 3.52. The third kappa shape index (κ3) is 6.92. The van der Waals surface area contributed by atoms with Crippen molar-refractivity contribution in [1.29, 1.82) is 5.26 Å². The van der Waals surface area contributed by atoms with Gasteiger partial charge in [0.05, 0.1) is 36.0 Å². The van der Waals surface area contributed by atoms with E-state index in [4.69, 9.17) is 15.6 Å². The molecule has 1 amide bonds. The van der Waals surface area contributed by atoms with E-state index in [1.807, 2.05) is 0 Å². The summed E-state index contributed by atoms with van der Waals surface area (Å²) in [4.78, 5) is 19.8. The summed E-state index contributed by atoms with van der Waals surface area (Å²) in [6, 6.07) is 6.02. The van der Waals surface area contributed by atoms with Crippen molar-refractivity contribution in [3.05, 3.63) is 36.0 Å². The Kier molecular flexibility index (Phi) is 9.00. The Morgan fingerprint density at radius 3 is 2.11 bits per heavy atom. The van der Waals surface area contributed by atoms with Gasteiger partial charge in [-0.25, -0.2) is 8.42 Å². The summed E-state index contributed by atoms with van der Waals surface area (Å²) < 4.78 is 94.2. The van der Waals surface area contributed by atoms with Crippen LogP contribution in [0.2, 0.25) is 0 Å². The minimum absolute atomic E-state index is 0.0406. The van der Waals surface area contributed by atoms with E-state index in [2.05, 4.69) is 21.8 Å². The van der Waals surface area contributed by atoms with E-state index in [1.54, 1.807) is 4.68 Å². The molecule has 2 aromatic rings. The van der Waals surface area contributed by atoms with Gasteiger partial charge in [0.2, 0.25) is 0 Å². The van der Waals surface area contributed by atoms with E-state index in [-0.39, 0.29) is 23.5 Å². The van der Waals surface area contributed by atoms with Gasteiger partial charge in [0.1, 0.15) is 11.5 Å². The van der Waals surface area contributed by atoms with Crippen LogP contribution in [-0.2, 0) is 20.2 Å². The number of nitrogens with one attached hydrogen (secondary N) is 1. The van der Waals surface area contributed by atoms with Crippen LogP contribution in [0.15, 0.2) is 35.4 Å². The number of sulfone groups is 1. The molecule has 1 aromatic heterocycles. The highest BCUT2D eigenvalue weighted by molar-refractivity contribution is 7.92. The Bertz CT molecular complexity index is 1310. The summed E-state index contributed by atoms with van der Waals surface area (Å²) in [5, 5.41) is 27.4. The van der Waals surface area contributed by atoms with E-state index < -0.39 is 43.8 Å². The zero-order valence-electron chi connectivity index (χ0n) is 19.1. The molecule has 5 N–H and O–H groups in total. The maximum atomic E-state index is 12.7. The van der Waals surface area contributed by atoms with Gasteiger partial charge >= 0.3 is 11.7 Å². The standard InChI is InChI=1S/C18H19F3N6O3S.C2HF3O2/c19-18(20,21)31(29,30)13-3-1-12(2-4-13)25-16-14(15(23)28)11-27(26-16)17(5-8-22)6-9-24-10-7-17;3-2(4,5)1(6)7/h1-4,11,24H,5-7,9-10H2,(H2,23,28)(H,25,26);(H,6,7). The molecule has 1 aliphatic heterocycles. The van der Waals surface area contributed by atoms with Crippen LogP contribution in [0.5, 0.6) is 0 Å². The number of aliphatic carboxylic acids is 1. The number of benzene rings is 1. The second-order valence-electron chi connectivity index (χ2n) is 8.01. The molecule has 1 fully saturated rings. The van der Waals surface area contributed by atoms with Gasteiger partial charge in [-0.3, -0.25) is 9.48 Å². The molecule has 11 nitrogen and oxygen atoms in total. The van der Waals surface area contributed by atoms with E-state index in [1.165, 1.54) is 6.20 Å². The number of halogens is 6. The normalized spacial score (nSPS) is 15.5. The van der Waals surface area contributed by atoms with Crippen molar-refractivity contribution in [3.63, 3.8) is 0 Å². The molecule has 1 saturated heterocycles. The molecular formula is C20H20F6N6O5S. The number of quaternary nitrogens is 1. The predicted octanol–water partition coefficient (Wildman–Crippen LogP) is 0.284. The number of anilines is 2. The summed E-state index contributed by atoms with van der Waals surface area (Å²) in [7, 11) is -5.47. The number of nitrogens with zero attached hydrogens (tertiary/aromatic N) is 3. The highest BCUT2D eigenvalue weighted by atomic mass is 32.2. The van der Waals surface area contributed by atoms with Crippen molar-refractivity contribution in [1.82, 2.24) is 9.78 Å². The number of carbonyl (C=O) groups is 2. The molecule has 3 rings (SSSR count). The first-order chi connectivity index (χ1) is 17.4. The number of amides is 1. The number of hydrogen-bond acceptors (Lipinski definition) is 8. The zero-order chi connectivity index (χ0) is 28.9. The molecule has 0 aliphatic carbocycles. The Labute approximate surface area is 211 Å².